The maximum atomic E-state index is 12.0. The summed E-state index contributed by atoms with van der Waals surface area (Å²) < 4.78 is 5.31. The predicted octanol–water partition coefficient (Wildman–Crippen LogP) is -0.0274. The van der Waals surface area contributed by atoms with Crippen molar-refractivity contribution in [1.82, 2.24) is 4.90 Å². The topological polar surface area (TPSA) is 55.6 Å². The fourth-order valence-electron chi connectivity index (χ4n) is 2.03. The molecule has 1 saturated heterocycles. The van der Waals surface area contributed by atoms with Gasteiger partial charge in [-0.3, -0.25) is 4.79 Å². The van der Waals surface area contributed by atoms with E-state index in [0.29, 0.717) is 25.7 Å². The van der Waals surface area contributed by atoms with E-state index in [4.69, 9.17) is 10.5 Å². The van der Waals surface area contributed by atoms with Crippen molar-refractivity contribution >= 4 is 5.91 Å². The molecule has 2 rings (SSSR count). The van der Waals surface area contributed by atoms with Crippen LogP contribution in [-0.4, -0.2) is 43.2 Å². The van der Waals surface area contributed by atoms with Crippen LogP contribution >= 0.6 is 0 Å². The van der Waals surface area contributed by atoms with Crippen LogP contribution in [0.4, 0.5) is 0 Å². The molecule has 0 aromatic rings. The molecule has 2 N–H and O–H groups in total. The number of hydrogen-bond acceptors (Lipinski definition) is 3. The Kier molecular flexibility index (Phi) is 3.03. The molecule has 0 aromatic carbocycles. The maximum Gasteiger partial charge on any atom is 0.226 e. The quantitative estimate of drug-likeness (QED) is 0.678. The Morgan fingerprint density at radius 3 is 2.86 bits per heavy atom. The minimum absolute atomic E-state index is 0.108. The fraction of sp³-hybridized carbons (Fsp3) is 0.900. The summed E-state index contributed by atoms with van der Waals surface area (Å²) in [6.07, 6.45) is 3.33. The molecule has 1 aliphatic heterocycles. The molecule has 4 nitrogen and oxygen atoms in total. The van der Waals surface area contributed by atoms with Gasteiger partial charge in [0.1, 0.15) is 0 Å². The highest BCUT2D eigenvalue weighted by Crippen LogP contribution is 2.29. The summed E-state index contributed by atoms with van der Waals surface area (Å²) in [5.41, 5.74) is 5.62. The van der Waals surface area contributed by atoms with Gasteiger partial charge in [0.2, 0.25) is 5.91 Å². The van der Waals surface area contributed by atoms with E-state index in [1.165, 1.54) is 6.42 Å². The molecule has 0 bridgehead atoms. The van der Waals surface area contributed by atoms with Gasteiger partial charge in [-0.05, 0) is 12.8 Å². The third-order valence-electron chi connectivity index (χ3n) is 3.24. The Morgan fingerprint density at radius 1 is 1.50 bits per heavy atom. The lowest BCUT2D eigenvalue weighted by Crippen LogP contribution is -2.54. The largest absolute Gasteiger partial charge is 0.377 e. The van der Waals surface area contributed by atoms with Crippen LogP contribution in [0.5, 0.6) is 0 Å². The molecular weight excluding hydrogens is 180 g/mol. The van der Waals surface area contributed by atoms with Crippen molar-refractivity contribution < 1.29 is 9.53 Å². The zero-order valence-electron chi connectivity index (χ0n) is 8.45. The van der Waals surface area contributed by atoms with Crippen LogP contribution in [0.25, 0.3) is 0 Å². The molecule has 1 unspecified atom stereocenters. The van der Waals surface area contributed by atoms with Crippen molar-refractivity contribution in [1.29, 1.82) is 0 Å². The highest BCUT2D eigenvalue weighted by Gasteiger charge is 2.33. The van der Waals surface area contributed by atoms with Gasteiger partial charge in [-0.1, -0.05) is 6.42 Å². The maximum absolute atomic E-state index is 12.0. The highest BCUT2D eigenvalue weighted by molar-refractivity contribution is 5.80. The normalized spacial score (nSPS) is 28.6. The molecule has 80 valence electrons. The van der Waals surface area contributed by atoms with Crippen molar-refractivity contribution in [2.75, 3.05) is 26.3 Å². The van der Waals surface area contributed by atoms with Crippen LogP contribution in [0.15, 0.2) is 0 Å². The van der Waals surface area contributed by atoms with E-state index in [-0.39, 0.29) is 12.0 Å². The lowest BCUT2D eigenvalue weighted by atomic mass is 9.84. The van der Waals surface area contributed by atoms with Crippen molar-refractivity contribution in [2.45, 2.75) is 25.3 Å². The summed E-state index contributed by atoms with van der Waals surface area (Å²) in [6.45, 7) is 2.50. The number of carbonyl (C=O) groups is 1. The van der Waals surface area contributed by atoms with Gasteiger partial charge in [0.05, 0.1) is 19.3 Å². The average molecular weight is 198 g/mol. The first-order valence-corrected chi connectivity index (χ1v) is 5.41. The second-order valence-corrected chi connectivity index (χ2v) is 4.12. The third-order valence-corrected chi connectivity index (χ3v) is 3.24. The second kappa shape index (κ2) is 4.28. The van der Waals surface area contributed by atoms with Crippen molar-refractivity contribution in [2.24, 2.45) is 11.7 Å². The average Bonchev–Trinajstić information content (AvgIpc) is 2.15. The molecule has 4 heteroatoms. The lowest BCUT2D eigenvalue weighted by Gasteiger charge is -2.39. The van der Waals surface area contributed by atoms with E-state index in [1.807, 2.05) is 4.90 Å². The molecule has 1 saturated carbocycles. The minimum Gasteiger partial charge on any atom is -0.377 e. The summed E-state index contributed by atoms with van der Waals surface area (Å²) in [6, 6.07) is 0.108. The number of rotatable bonds is 2. The van der Waals surface area contributed by atoms with Crippen LogP contribution in [-0.2, 0) is 9.53 Å². The zero-order chi connectivity index (χ0) is 9.97. The standard InChI is InChI=1S/C10H18N2O2/c11-6-9-7-14-5-4-12(9)10(13)8-2-1-3-8/h8-9H,1-7,11H2. The summed E-state index contributed by atoms with van der Waals surface area (Å²) in [7, 11) is 0. The van der Waals surface area contributed by atoms with Gasteiger partial charge in [-0.15, -0.1) is 0 Å². The first-order chi connectivity index (χ1) is 6.83. The van der Waals surface area contributed by atoms with Crippen molar-refractivity contribution in [3.05, 3.63) is 0 Å². The monoisotopic (exact) mass is 198 g/mol. The Morgan fingerprint density at radius 2 is 2.29 bits per heavy atom. The van der Waals surface area contributed by atoms with Gasteiger partial charge in [0.25, 0.3) is 0 Å². The van der Waals surface area contributed by atoms with Gasteiger partial charge >= 0.3 is 0 Å². The number of ether oxygens (including phenoxy) is 1. The second-order valence-electron chi connectivity index (χ2n) is 4.12. The van der Waals surface area contributed by atoms with Crippen molar-refractivity contribution in [3.8, 4) is 0 Å². The van der Waals surface area contributed by atoms with Crippen LogP contribution in [0.2, 0.25) is 0 Å². The van der Waals surface area contributed by atoms with E-state index in [9.17, 15) is 4.79 Å². The lowest BCUT2D eigenvalue weighted by molar-refractivity contribution is -0.146. The smallest absolute Gasteiger partial charge is 0.226 e. The predicted molar refractivity (Wildman–Crippen MR) is 52.7 cm³/mol. The van der Waals surface area contributed by atoms with E-state index < -0.39 is 0 Å². The van der Waals surface area contributed by atoms with Gasteiger partial charge in [-0.25, -0.2) is 0 Å². The SMILES string of the molecule is NCC1COCCN1C(=O)C1CCC1. The fourth-order valence-corrected chi connectivity index (χ4v) is 2.03. The Hall–Kier alpha value is -0.610. The molecule has 0 spiro atoms. The molecule has 2 fully saturated rings. The molecule has 0 radical (unpaired) electrons. The number of amides is 1. The first kappa shape index (κ1) is 9.93. The summed E-state index contributed by atoms with van der Waals surface area (Å²) in [5.74, 6) is 0.581. The molecule has 1 heterocycles. The number of morpholine rings is 1. The summed E-state index contributed by atoms with van der Waals surface area (Å²) in [4.78, 5) is 13.9. The molecule has 2 aliphatic rings. The van der Waals surface area contributed by atoms with Gasteiger partial charge < -0.3 is 15.4 Å². The number of nitrogens with zero attached hydrogens (tertiary/aromatic N) is 1. The van der Waals surface area contributed by atoms with Crippen LogP contribution < -0.4 is 5.73 Å². The Bertz CT molecular complexity index is 216. The Labute approximate surface area is 84.4 Å². The van der Waals surface area contributed by atoms with E-state index >= 15 is 0 Å². The van der Waals surface area contributed by atoms with E-state index in [0.717, 1.165) is 19.4 Å². The molecule has 14 heavy (non-hydrogen) atoms. The minimum atomic E-state index is 0.108. The summed E-state index contributed by atoms with van der Waals surface area (Å²) in [5, 5.41) is 0. The van der Waals surface area contributed by atoms with Crippen LogP contribution in [0.3, 0.4) is 0 Å². The van der Waals surface area contributed by atoms with E-state index in [2.05, 4.69) is 0 Å². The van der Waals surface area contributed by atoms with Gasteiger partial charge in [-0.2, -0.15) is 0 Å². The number of hydrogen-bond donors (Lipinski definition) is 1. The molecule has 0 aromatic heterocycles. The molecule has 1 atom stereocenters. The van der Waals surface area contributed by atoms with Gasteiger partial charge in [0.15, 0.2) is 0 Å². The molecular formula is C10H18N2O2. The number of carbonyl (C=O) groups excluding carboxylic acids is 1. The summed E-state index contributed by atoms with van der Waals surface area (Å²) >= 11 is 0. The van der Waals surface area contributed by atoms with Crippen molar-refractivity contribution in [3.63, 3.8) is 0 Å². The molecule has 1 aliphatic carbocycles. The van der Waals surface area contributed by atoms with Gasteiger partial charge in [0, 0.05) is 19.0 Å². The first-order valence-electron chi connectivity index (χ1n) is 5.41. The molecule has 1 amide bonds. The Balaban J connectivity index is 1.95. The number of nitrogens with two attached hydrogens (primary N) is 1. The van der Waals surface area contributed by atoms with E-state index in [1.54, 1.807) is 0 Å². The third kappa shape index (κ3) is 1.77. The zero-order valence-corrected chi connectivity index (χ0v) is 8.45. The van der Waals surface area contributed by atoms with Crippen LogP contribution in [0, 0.1) is 5.92 Å². The highest BCUT2D eigenvalue weighted by atomic mass is 16.5. The van der Waals surface area contributed by atoms with Crippen LogP contribution in [0.1, 0.15) is 19.3 Å².